The summed E-state index contributed by atoms with van der Waals surface area (Å²) in [7, 11) is -3.97. The first-order valence-electron chi connectivity index (χ1n) is 10.3. The van der Waals surface area contributed by atoms with E-state index in [0.29, 0.717) is 11.4 Å². The van der Waals surface area contributed by atoms with Crippen molar-refractivity contribution in [3.05, 3.63) is 81.9 Å². The van der Waals surface area contributed by atoms with Gasteiger partial charge >= 0.3 is 5.97 Å². The molecule has 0 fully saturated rings. The number of nitrogens with one attached hydrogen (secondary N) is 1. The molecule has 0 amide bonds. The molecule has 178 valence electrons. The van der Waals surface area contributed by atoms with Crippen LogP contribution < -0.4 is 14.4 Å². The average molecular weight is 491 g/mol. The predicted octanol–water partition coefficient (Wildman–Crippen LogP) is 4.83. The van der Waals surface area contributed by atoms with Gasteiger partial charge in [0.25, 0.3) is 10.0 Å². The first kappa shape index (κ1) is 26.3. The minimum absolute atomic E-state index is 0.0334. The van der Waals surface area contributed by atoms with E-state index >= 15 is 0 Å². The van der Waals surface area contributed by atoms with E-state index in [0.717, 1.165) is 16.7 Å². The number of hydrogen-bond acceptors (Lipinski definition) is 6. The fourth-order valence-electron chi connectivity index (χ4n) is 2.98. The van der Waals surface area contributed by atoms with E-state index in [1.165, 1.54) is 28.0 Å². The smallest absolute Gasteiger partial charge is 0.335 e. The lowest BCUT2D eigenvalue weighted by Crippen LogP contribution is -2.37. The quantitative estimate of drug-likeness (QED) is 0.390. The molecule has 2 aromatic carbocycles. The van der Waals surface area contributed by atoms with Gasteiger partial charge in [0, 0.05) is 12.7 Å². The van der Waals surface area contributed by atoms with E-state index in [2.05, 4.69) is 24.5 Å². The van der Waals surface area contributed by atoms with Crippen LogP contribution in [0.1, 0.15) is 40.9 Å². The number of carboxylic acids is 1. The minimum Gasteiger partial charge on any atom is -0.487 e. The van der Waals surface area contributed by atoms with Gasteiger partial charge in [-0.15, -0.1) is 12.6 Å². The Morgan fingerprint density at radius 2 is 1.82 bits per heavy atom. The van der Waals surface area contributed by atoms with Crippen LogP contribution in [0.3, 0.4) is 0 Å². The van der Waals surface area contributed by atoms with E-state index in [-0.39, 0.29) is 29.7 Å². The standard InChI is InChI=1S/C24H30N2O5S2/c1-16(2)14-26(33(29,30)19(5)25-10-11-32)22-12-17(3)18(4)13-23(22)31-15-20-6-8-21(9-7-20)24(27)28/h6-13,16,25,32H,5,14-15H2,1-4H3,(H,27,28)/b11-10-. The van der Waals surface area contributed by atoms with Gasteiger partial charge in [0.05, 0.1) is 11.3 Å². The van der Waals surface area contributed by atoms with E-state index in [1.807, 2.05) is 33.8 Å². The van der Waals surface area contributed by atoms with E-state index in [1.54, 1.807) is 18.2 Å². The molecule has 7 nitrogen and oxygen atoms in total. The summed E-state index contributed by atoms with van der Waals surface area (Å²) in [6, 6.07) is 9.94. The van der Waals surface area contributed by atoms with Crippen molar-refractivity contribution in [2.45, 2.75) is 34.3 Å². The van der Waals surface area contributed by atoms with Gasteiger partial charge in [-0.3, -0.25) is 4.31 Å². The highest BCUT2D eigenvalue weighted by molar-refractivity contribution is 7.96. The normalized spacial score (nSPS) is 11.6. The second kappa shape index (κ2) is 11.3. The van der Waals surface area contributed by atoms with Crippen LogP contribution in [-0.4, -0.2) is 26.0 Å². The zero-order chi connectivity index (χ0) is 24.8. The molecule has 0 aromatic heterocycles. The zero-order valence-corrected chi connectivity index (χ0v) is 20.9. The third-order valence-electron chi connectivity index (χ3n) is 4.89. The molecule has 0 aliphatic heterocycles. The summed E-state index contributed by atoms with van der Waals surface area (Å²) in [6.07, 6.45) is 1.38. The van der Waals surface area contributed by atoms with Crippen molar-refractivity contribution in [3.63, 3.8) is 0 Å². The molecular weight excluding hydrogens is 460 g/mol. The number of rotatable bonds is 11. The number of carboxylic acid groups (broad SMARTS) is 1. The first-order valence-corrected chi connectivity index (χ1v) is 12.3. The SMILES string of the molecule is C=C(N/C=C\S)S(=O)(=O)N(CC(C)C)c1cc(C)c(C)cc1OCc1ccc(C(=O)O)cc1. The van der Waals surface area contributed by atoms with Crippen LogP contribution in [0.5, 0.6) is 5.75 Å². The Bertz CT molecular complexity index is 1140. The molecule has 2 rings (SSSR count). The molecule has 0 spiro atoms. The molecule has 0 aliphatic rings. The number of benzene rings is 2. The second-order valence-corrected chi connectivity index (χ2v) is 10.2. The minimum atomic E-state index is -3.97. The van der Waals surface area contributed by atoms with Crippen molar-refractivity contribution >= 4 is 34.3 Å². The monoisotopic (exact) mass is 490 g/mol. The molecule has 0 radical (unpaired) electrons. The predicted molar refractivity (Wildman–Crippen MR) is 135 cm³/mol. The Morgan fingerprint density at radius 3 is 2.36 bits per heavy atom. The van der Waals surface area contributed by atoms with Gasteiger partial charge in [-0.2, -0.15) is 8.42 Å². The molecule has 0 bridgehead atoms. The van der Waals surface area contributed by atoms with Gasteiger partial charge in [0.1, 0.15) is 17.4 Å². The third kappa shape index (κ3) is 6.79. The van der Waals surface area contributed by atoms with Crippen molar-refractivity contribution in [3.8, 4) is 5.75 Å². The second-order valence-electron chi connectivity index (χ2n) is 8.01. The molecule has 0 atom stereocenters. The highest BCUT2D eigenvalue weighted by Gasteiger charge is 2.29. The van der Waals surface area contributed by atoms with Crippen LogP contribution in [-0.2, 0) is 16.6 Å². The lowest BCUT2D eigenvalue weighted by Gasteiger charge is -2.29. The van der Waals surface area contributed by atoms with Crippen molar-refractivity contribution in [2.75, 3.05) is 10.8 Å². The fourth-order valence-corrected chi connectivity index (χ4v) is 4.44. The topological polar surface area (TPSA) is 95.9 Å². The van der Waals surface area contributed by atoms with Gasteiger partial charge in [-0.1, -0.05) is 32.6 Å². The molecule has 0 heterocycles. The summed E-state index contributed by atoms with van der Waals surface area (Å²) in [5.41, 5.74) is 3.22. The number of thiol groups is 1. The van der Waals surface area contributed by atoms with Gasteiger partial charge in [-0.25, -0.2) is 4.79 Å². The lowest BCUT2D eigenvalue weighted by molar-refractivity contribution is 0.0697. The van der Waals surface area contributed by atoms with Gasteiger partial charge in [-0.05, 0) is 66.1 Å². The van der Waals surface area contributed by atoms with Crippen molar-refractivity contribution in [1.29, 1.82) is 0 Å². The summed E-state index contributed by atoms with van der Waals surface area (Å²) in [4.78, 5) is 11.1. The number of aromatic carboxylic acids is 1. The number of aryl methyl sites for hydroxylation is 2. The Balaban J connectivity index is 2.47. The number of hydrogen-bond donors (Lipinski definition) is 3. The molecule has 2 N–H and O–H groups in total. The highest BCUT2D eigenvalue weighted by Crippen LogP contribution is 2.35. The van der Waals surface area contributed by atoms with Gasteiger partial charge in [0.2, 0.25) is 0 Å². The molecule has 0 saturated heterocycles. The zero-order valence-electron chi connectivity index (χ0n) is 19.2. The first-order chi connectivity index (χ1) is 15.5. The summed E-state index contributed by atoms with van der Waals surface area (Å²) in [5, 5.41) is 12.9. The number of anilines is 1. The maximum absolute atomic E-state index is 13.4. The van der Waals surface area contributed by atoms with Crippen molar-refractivity contribution in [1.82, 2.24) is 5.32 Å². The summed E-state index contributed by atoms with van der Waals surface area (Å²) in [5.74, 6) is -0.566. The van der Waals surface area contributed by atoms with E-state index < -0.39 is 16.0 Å². The number of ether oxygens (including phenoxy) is 1. The highest BCUT2D eigenvalue weighted by atomic mass is 32.2. The fraction of sp³-hybridized carbons (Fsp3) is 0.292. The summed E-state index contributed by atoms with van der Waals surface area (Å²) >= 11 is 3.94. The molecule has 2 aromatic rings. The van der Waals surface area contributed by atoms with E-state index in [9.17, 15) is 13.2 Å². The van der Waals surface area contributed by atoms with Crippen LogP contribution >= 0.6 is 12.6 Å². The third-order valence-corrected chi connectivity index (χ3v) is 6.71. The van der Waals surface area contributed by atoms with Gasteiger partial charge in [0.15, 0.2) is 0 Å². The maximum atomic E-state index is 13.4. The maximum Gasteiger partial charge on any atom is 0.335 e. The van der Waals surface area contributed by atoms with E-state index in [4.69, 9.17) is 9.84 Å². The summed E-state index contributed by atoms with van der Waals surface area (Å²) < 4.78 is 34.1. The van der Waals surface area contributed by atoms with Crippen LogP contribution in [0.4, 0.5) is 5.69 Å². The van der Waals surface area contributed by atoms with Crippen LogP contribution in [0.2, 0.25) is 0 Å². The Labute approximate surface area is 201 Å². The molecule has 33 heavy (non-hydrogen) atoms. The number of nitrogens with zero attached hydrogens (tertiary/aromatic N) is 1. The largest absolute Gasteiger partial charge is 0.487 e. The number of sulfonamides is 1. The summed E-state index contributed by atoms with van der Waals surface area (Å²) in [6.45, 7) is 11.7. The van der Waals surface area contributed by atoms with Crippen LogP contribution in [0.25, 0.3) is 0 Å². The molecule has 0 aliphatic carbocycles. The Hall–Kier alpha value is -2.91. The number of carbonyl (C=O) groups is 1. The average Bonchev–Trinajstić information content (AvgIpc) is 2.76. The van der Waals surface area contributed by atoms with Crippen molar-refractivity contribution < 1.29 is 23.1 Å². The Kier molecular flexibility index (Phi) is 9.01. The molecule has 9 heteroatoms. The Morgan fingerprint density at radius 1 is 1.21 bits per heavy atom. The molecule has 0 unspecified atom stereocenters. The van der Waals surface area contributed by atoms with Gasteiger partial charge < -0.3 is 15.2 Å². The van der Waals surface area contributed by atoms with Crippen molar-refractivity contribution in [2.24, 2.45) is 5.92 Å². The molecule has 0 saturated carbocycles. The molecular formula is C24H30N2O5S2. The lowest BCUT2D eigenvalue weighted by atomic mass is 10.1. The van der Waals surface area contributed by atoms with Crippen LogP contribution in [0.15, 0.2) is 59.6 Å². The van der Waals surface area contributed by atoms with Crippen LogP contribution in [0, 0.1) is 19.8 Å².